The van der Waals surface area contributed by atoms with Crippen molar-refractivity contribution in [2.75, 3.05) is 4.90 Å². The number of benzene rings is 3. The first-order valence-electron chi connectivity index (χ1n) is 9.56. The van der Waals surface area contributed by atoms with Crippen LogP contribution in [-0.2, 0) is 17.9 Å². The highest BCUT2D eigenvalue weighted by atomic mass is 16.4. The van der Waals surface area contributed by atoms with Crippen LogP contribution in [0.5, 0.6) is 0 Å². The molecule has 0 fully saturated rings. The van der Waals surface area contributed by atoms with E-state index in [1.54, 1.807) is 17.0 Å². The molecular weight excluding hydrogens is 380 g/mol. The zero-order valence-electron chi connectivity index (χ0n) is 16.4. The molecule has 0 bridgehead atoms. The number of hydrogen-bond donors (Lipinski definition) is 0. The van der Waals surface area contributed by atoms with Crippen LogP contribution in [0.2, 0.25) is 0 Å². The summed E-state index contributed by atoms with van der Waals surface area (Å²) in [4.78, 5) is 38.9. The van der Waals surface area contributed by atoms with E-state index in [2.05, 4.69) is 0 Å². The van der Waals surface area contributed by atoms with Gasteiger partial charge >= 0.3 is 5.76 Å². The van der Waals surface area contributed by atoms with Crippen molar-refractivity contribution >= 4 is 28.5 Å². The third-order valence-corrected chi connectivity index (χ3v) is 4.92. The lowest BCUT2D eigenvalue weighted by Gasteiger charge is -2.23. The van der Waals surface area contributed by atoms with Crippen LogP contribution in [0, 0.1) is 0 Å². The second kappa shape index (κ2) is 8.21. The van der Waals surface area contributed by atoms with Gasteiger partial charge in [0.2, 0.25) is 5.91 Å². The molecule has 0 N–H and O–H groups in total. The minimum absolute atomic E-state index is 0.124. The summed E-state index contributed by atoms with van der Waals surface area (Å²) < 4.78 is 6.57. The maximum Gasteiger partial charge on any atom is 0.420 e. The van der Waals surface area contributed by atoms with Crippen molar-refractivity contribution in [2.24, 2.45) is 0 Å². The summed E-state index contributed by atoms with van der Waals surface area (Å²) in [5.74, 6) is -1.00. The summed E-state index contributed by atoms with van der Waals surface area (Å²) in [6, 6.07) is 23.8. The first-order chi connectivity index (χ1) is 14.5. The molecule has 0 atom stereocenters. The van der Waals surface area contributed by atoms with Crippen molar-refractivity contribution < 1.29 is 14.0 Å². The van der Waals surface area contributed by atoms with E-state index in [4.69, 9.17) is 4.42 Å². The molecule has 0 unspecified atom stereocenters. The van der Waals surface area contributed by atoms with Crippen LogP contribution in [0.25, 0.3) is 11.1 Å². The fraction of sp³-hybridized carbons (Fsp3) is 0.125. The smallest absolute Gasteiger partial charge is 0.408 e. The average molecular weight is 400 g/mol. The minimum Gasteiger partial charge on any atom is -0.408 e. The van der Waals surface area contributed by atoms with Crippen molar-refractivity contribution in [3.8, 4) is 0 Å². The number of carbonyl (C=O) groups excluding carboxylic acids is 2. The van der Waals surface area contributed by atoms with Gasteiger partial charge in [-0.1, -0.05) is 48.5 Å². The maximum absolute atomic E-state index is 13.3. The number of carbonyl (C=O) groups is 2. The fourth-order valence-electron chi connectivity index (χ4n) is 3.35. The molecule has 30 heavy (non-hydrogen) atoms. The number of nitrogens with zero attached hydrogens (tertiary/aromatic N) is 2. The Labute approximate surface area is 173 Å². The summed E-state index contributed by atoms with van der Waals surface area (Å²) in [5, 5.41) is 0. The second-order valence-electron chi connectivity index (χ2n) is 6.99. The zero-order valence-corrected chi connectivity index (χ0v) is 16.4. The topological polar surface area (TPSA) is 72.5 Å². The summed E-state index contributed by atoms with van der Waals surface area (Å²) in [6.07, 6.45) is 0. The molecular formula is C24H20N2O4. The van der Waals surface area contributed by atoms with Crippen molar-refractivity contribution in [3.05, 3.63) is 101 Å². The lowest BCUT2D eigenvalue weighted by Crippen LogP contribution is -2.35. The quantitative estimate of drug-likeness (QED) is 0.458. The van der Waals surface area contributed by atoms with Gasteiger partial charge in [0.15, 0.2) is 11.4 Å². The van der Waals surface area contributed by atoms with Gasteiger partial charge in [-0.2, -0.15) is 0 Å². The van der Waals surface area contributed by atoms with Gasteiger partial charge in [-0.05, 0) is 42.8 Å². The normalized spacial score (nSPS) is 10.8. The van der Waals surface area contributed by atoms with E-state index in [0.29, 0.717) is 17.6 Å². The molecule has 6 nitrogen and oxygen atoms in total. The molecule has 6 heteroatoms. The van der Waals surface area contributed by atoms with Gasteiger partial charge in [-0.25, -0.2) is 4.79 Å². The number of oxazole rings is 1. The molecule has 0 radical (unpaired) electrons. The number of para-hydroxylation sites is 1. The molecule has 1 aromatic heterocycles. The summed E-state index contributed by atoms with van der Waals surface area (Å²) in [6.45, 7) is 1.65. The number of amides is 1. The number of fused-ring (bicyclic) bond motifs is 1. The maximum atomic E-state index is 13.3. The molecule has 0 spiro atoms. The van der Waals surface area contributed by atoms with Gasteiger partial charge in [0, 0.05) is 11.3 Å². The standard InChI is InChI=1S/C24H20N2O4/c1-17(27)19-12-13-21-22(14-19)30-24(29)26(21)16-23(28)25(20-10-6-3-7-11-20)15-18-8-4-2-5-9-18/h2-14H,15-16H2,1H3. The van der Waals surface area contributed by atoms with E-state index in [-0.39, 0.29) is 23.8 Å². The van der Waals surface area contributed by atoms with Crippen LogP contribution in [0.3, 0.4) is 0 Å². The van der Waals surface area contributed by atoms with Crippen LogP contribution in [0.15, 0.2) is 88.1 Å². The van der Waals surface area contributed by atoms with Crippen LogP contribution < -0.4 is 10.7 Å². The van der Waals surface area contributed by atoms with E-state index in [1.165, 1.54) is 17.6 Å². The Kier molecular flexibility index (Phi) is 5.30. The van der Waals surface area contributed by atoms with Crippen molar-refractivity contribution in [2.45, 2.75) is 20.0 Å². The van der Waals surface area contributed by atoms with E-state index in [9.17, 15) is 14.4 Å². The van der Waals surface area contributed by atoms with Crippen LogP contribution in [-0.4, -0.2) is 16.3 Å². The third kappa shape index (κ3) is 3.93. The molecule has 150 valence electrons. The van der Waals surface area contributed by atoms with Gasteiger partial charge < -0.3 is 9.32 Å². The SMILES string of the molecule is CC(=O)c1ccc2c(c1)oc(=O)n2CC(=O)N(Cc1ccccc1)c1ccccc1. The Morgan fingerprint density at radius 3 is 2.27 bits per heavy atom. The van der Waals surface area contributed by atoms with E-state index >= 15 is 0 Å². The summed E-state index contributed by atoms with van der Waals surface area (Å²) in [7, 11) is 0. The Balaban J connectivity index is 1.68. The van der Waals surface area contributed by atoms with Gasteiger partial charge in [0.25, 0.3) is 0 Å². The van der Waals surface area contributed by atoms with Crippen LogP contribution >= 0.6 is 0 Å². The Hall–Kier alpha value is -3.93. The predicted molar refractivity (Wildman–Crippen MR) is 115 cm³/mol. The third-order valence-electron chi connectivity index (χ3n) is 4.92. The lowest BCUT2D eigenvalue weighted by molar-refractivity contribution is -0.119. The molecule has 0 aliphatic carbocycles. The van der Waals surface area contributed by atoms with Gasteiger partial charge in [-0.15, -0.1) is 0 Å². The monoisotopic (exact) mass is 400 g/mol. The minimum atomic E-state index is -0.633. The molecule has 4 rings (SSSR count). The van der Waals surface area contributed by atoms with Crippen molar-refractivity contribution in [1.82, 2.24) is 4.57 Å². The van der Waals surface area contributed by atoms with E-state index < -0.39 is 5.76 Å². The Bertz CT molecular complexity index is 1260. The van der Waals surface area contributed by atoms with Crippen molar-refractivity contribution in [3.63, 3.8) is 0 Å². The first kappa shape index (κ1) is 19.4. The highest BCUT2D eigenvalue weighted by Crippen LogP contribution is 2.20. The van der Waals surface area contributed by atoms with Gasteiger partial charge in [0.1, 0.15) is 6.54 Å². The number of rotatable bonds is 6. The molecule has 0 saturated heterocycles. The number of hydrogen-bond acceptors (Lipinski definition) is 4. The summed E-state index contributed by atoms with van der Waals surface area (Å²) in [5.41, 5.74) is 2.93. The average Bonchev–Trinajstić information content (AvgIpc) is 3.07. The van der Waals surface area contributed by atoms with E-state index in [1.807, 2.05) is 60.7 Å². The Morgan fingerprint density at radius 2 is 1.60 bits per heavy atom. The lowest BCUT2D eigenvalue weighted by atomic mass is 10.1. The molecule has 4 aromatic rings. The Morgan fingerprint density at radius 1 is 0.933 bits per heavy atom. The fourth-order valence-corrected chi connectivity index (χ4v) is 3.35. The zero-order chi connectivity index (χ0) is 21.1. The molecule has 0 saturated carbocycles. The first-order valence-corrected chi connectivity index (χ1v) is 9.56. The number of Topliss-reactive ketones (excluding diaryl/α,β-unsaturated/α-hetero) is 1. The van der Waals surface area contributed by atoms with E-state index in [0.717, 1.165) is 11.3 Å². The molecule has 1 amide bonds. The van der Waals surface area contributed by atoms with Crippen LogP contribution in [0.4, 0.5) is 5.69 Å². The largest absolute Gasteiger partial charge is 0.420 e. The number of anilines is 1. The number of aromatic nitrogens is 1. The highest BCUT2D eigenvalue weighted by molar-refractivity contribution is 5.97. The predicted octanol–water partition coefficient (Wildman–Crippen LogP) is 4.03. The number of ketones is 1. The molecule has 0 aliphatic rings. The summed E-state index contributed by atoms with van der Waals surface area (Å²) >= 11 is 0. The molecule has 1 heterocycles. The van der Waals surface area contributed by atoms with Crippen LogP contribution in [0.1, 0.15) is 22.8 Å². The highest BCUT2D eigenvalue weighted by Gasteiger charge is 2.20. The van der Waals surface area contributed by atoms with Gasteiger partial charge in [0.05, 0.1) is 12.1 Å². The molecule has 0 aliphatic heterocycles. The second-order valence-corrected chi connectivity index (χ2v) is 6.99. The van der Waals surface area contributed by atoms with Gasteiger partial charge in [-0.3, -0.25) is 14.2 Å². The van der Waals surface area contributed by atoms with Crippen molar-refractivity contribution in [1.29, 1.82) is 0 Å². The molecule has 3 aromatic carbocycles.